The SMILES string of the molecule is Cc1ccc(-c2nc3ccccc3n2CCNC(=O)c2cccs2)cc1. The maximum atomic E-state index is 12.2. The fraction of sp³-hybridized carbons (Fsp3) is 0.143. The number of nitrogens with one attached hydrogen (secondary N) is 1. The van der Waals surface area contributed by atoms with Crippen molar-refractivity contribution in [2.45, 2.75) is 13.5 Å². The van der Waals surface area contributed by atoms with Crippen LogP contribution in [0.15, 0.2) is 66.0 Å². The van der Waals surface area contributed by atoms with E-state index in [9.17, 15) is 4.79 Å². The van der Waals surface area contributed by atoms with Crippen LogP contribution >= 0.6 is 11.3 Å². The van der Waals surface area contributed by atoms with E-state index in [1.54, 1.807) is 0 Å². The zero-order chi connectivity index (χ0) is 17.9. The monoisotopic (exact) mass is 361 g/mol. The van der Waals surface area contributed by atoms with E-state index in [-0.39, 0.29) is 5.91 Å². The second-order valence-electron chi connectivity index (χ2n) is 6.17. The van der Waals surface area contributed by atoms with Crippen LogP contribution in [0.5, 0.6) is 0 Å². The molecule has 0 atom stereocenters. The number of thiophene rings is 1. The molecule has 2 aromatic heterocycles. The van der Waals surface area contributed by atoms with Gasteiger partial charge in [-0.25, -0.2) is 4.98 Å². The molecule has 2 heterocycles. The van der Waals surface area contributed by atoms with E-state index in [1.807, 2.05) is 35.7 Å². The van der Waals surface area contributed by atoms with Crippen LogP contribution in [0.25, 0.3) is 22.4 Å². The van der Waals surface area contributed by atoms with Crippen LogP contribution in [0, 0.1) is 6.92 Å². The summed E-state index contributed by atoms with van der Waals surface area (Å²) in [6.07, 6.45) is 0. The number of aromatic nitrogens is 2. The molecule has 4 aromatic rings. The largest absolute Gasteiger partial charge is 0.350 e. The van der Waals surface area contributed by atoms with E-state index in [1.165, 1.54) is 16.9 Å². The van der Waals surface area contributed by atoms with Gasteiger partial charge in [0.2, 0.25) is 0 Å². The Kier molecular flexibility index (Phi) is 4.54. The lowest BCUT2D eigenvalue weighted by molar-refractivity contribution is 0.0956. The Morgan fingerprint density at radius 1 is 1.08 bits per heavy atom. The van der Waals surface area contributed by atoms with Crippen molar-refractivity contribution in [3.63, 3.8) is 0 Å². The third-order valence-corrected chi connectivity index (χ3v) is 5.20. The summed E-state index contributed by atoms with van der Waals surface area (Å²) in [6, 6.07) is 20.2. The molecule has 0 bridgehead atoms. The number of carbonyl (C=O) groups is 1. The Balaban J connectivity index is 1.61. The van der Waals surface area contributed by atoms with Gasteiger partial charge in [0.15, 0.2) is 0 Å². The van der Waals surface area contributed by atoms with Gasteiger partial charge in [-0.15, -0.1) is 11.3 Å². The number of nitrogens with zero attached hydrogens (tertiary/aromatic N) is 2. The third kappa shape index (κ3) is 3.26. The molecule has 0 saturated heterocycles. The molecule has 0 saturated carbocycles. The highest BCUT2D eigenvalue weighted by molar-refractivity contribution is 7.12. The second-order valence-corrected chi connectivity index (χ2v) is 7.12. The van der Waals surface area contributed by atoms with Crippen LogP contribution in [0.1, 0.15) is 15.2 Å². The molecule has 26 heavy (non-hydrogen) atoms. The van der Waals surface area contributed by atoms with Crippen LogP contribution in [-0.4, -0.2) is 22.0 Å². The molecule has 130 valence electrons. The topological polar surface area (TPSA) is 46.9 Å². The molecule has 0 unspecified atom stereocenters. The summed E-state index contributed by atoms with van der Waals surface area (Å²) in [5, 5.41) is 4.91. The molecule has 0 radical (unpaired) electrons. The first-order chi connectivity index (χ1) is 12.7. The Hall–Kier alpha value is -2.92. The number of carbonyl (C=O) groups excluding carboxylic acids is 1. The van der Waals surface area contributed by atoms with Gasteiger partial charge in [0.1, 0.15) is 5.82 Å². The molecule has 2 aromatic carbocycles. The number of hydrogen-bond acceptors (Lipinski definition) is 3. The summed E-state index contributed by atoms with van der Waals surface area (Å²) in [4.78, 5) is 17.7. The highest BCUT2D eigenvalue weighted by Gasteiger charge is 2.13. The maximum absolute atomic E-state index is 12.2. The summed E-state index contributed by atoms with van der Waals surface area (Å²) in [5.41, 5.74) is 4.34. The Morgan fingerprint density at radius 3 is 2.65 bits per heavy atom. The normalized spacial score (nSPS) is 11.0. The van der Waals surface area contributed by atoms with E-state index in [0.29, 0.717) is 13.1 Å². The predicted molar refractivity (Wildman–Crippen MR) is 107 cm³/mol. The summed E-state index contributed by atoms with van der Waals surface area (Å²) < 4.78 is 2.18. The van der Waals surface area contributed by atoms with E-state index in [0.717, 1.165) is 27.3 Å². The third-order valence-electron chi connectivity index (χ3n) is 4.33. The van der Waals surface area contributed by atoms with Crippen LogP contribution < -0.4 is 5.32 Å². The molecule has 0 aliphatic heterocycles. The fourth-order valence-corrected chi connectivity index (χ4v) is 3.64. The van der Waals surface area contributed by atoms with Gasteiger partial charge >= 0.3 is 0 Å². The van der Waals surface area contributed by atoms with Crippen molar-refractivity contribution in [3.8, 4) is 11.4 Å². The maximum Gasteiger partial charge on any atom is 0.261 e. The number of fused-ring (bicyclic) bond motifs is 1. The van der Waals surface area contributed by atoms with Crippen LogP contribution in [0.4, 0.5) is 0 Å². The van der Waals surface area contributed by atoms with E-state index in [2.05, 4.69) is 47.1 Å². The number of benzene rings is 2. The number of hydrogen-bond donors (Lipinski definition) is 1. The predicted octanol–water partition coefficient (Wildman–Crippen LogP) is 4.50. The van der Waals surface area contributed by atoms with Gasteiger partial charge in [-0.05, 0) is 30.5 Å². The van der Waals surface area contributed by atoms with Gasteiger partial charge in [-0.1, -0.05) is 48.0 Å². The number of amides is 1. The molecular weight excluding hydrogens is 342 g/mol. The lowest BCUT2D eigenvalue weighted by Gasteiger charge is -2.10. The van der Waals surface area contributed by atoms with Crippen molar-refractivity contribution in [3.05, 3.63) is 76.5 Å². The fourth-order valence-electron chi connectivity index (χ4n) is 3.00. The van der Waals surface area contributed by atoms with E-state index < -0.39 is 0 Å². The van der Waals surface area contributed by atoms with Crippen molar-refractivity contribution < 1.29 is 4.79 Å². The summed E-state index contributed by atoms with van der Waals surface area (Å²) >= 11 is 1.45. The van der Waals surface area contributed by atoms with Crippen molar-refractivity contribution in [1.29, 1.82) is 0 Å². The van der Waals surface area contributed by atoms with Crippen molar-refractivity contribution in [1.82, 2.24) is 14.9 Å². The molecule has 1 N–H and O–H groups in total. The van der Waals surface area contributed by atoms with Gasteiger partial charge in [-0.3, -0.25) is 4.79 Å². The second kappa shape index (κ2) is 7.14. The molecule has 5 heteroatoms. The summed E-state index contributed by atoms with van der Waals surface area (Å²) in [7, 11) is 0. The van der Waals surface area contributed by atoms with Gasteiger partial charge in [0.25, 0.3) is 5.91 Å². The molecular formula is C21H19N3OS. The van der Waals surface area contributed by atoms with Gasteiger partial charge in [0, 0.05) is 18.7 Å². The first-order valence-corrected chi connectivity index (χ1v) is 9.44. The first-order valence-electron chi connectivity index (χ1n) is 8.56. The average molecular weight is 361 g/mol. The molecule has 4 nitrogen and oxygen atoms in total. The molecule has 4 rings (SSSR count). The van der Waals surface area contributed by atoms with Crippen LogP contribution in [0.3, 0.4) is 0 Å². The molecule has 0 aliphatic carbocycles. The minimum Gasteiger partial charge on any atom is -0.350 e. The molecule has 1 amide bonds. The lowest BCUT2D eigenvalue weighted by atomic mass is 10.1. The zero-order valence-electron chi connectivity index (χ0n) is 14.5. The zero-order valence-corrected chi connectivity index (χ0v) is 15.3. The average Bonchev–Trinajstić information content (AvgIpc) is 3.31. The van der Waals surface area contributed by atoms with Crippen molar-refractivity contribution in [2.24, 2.45) is 0 Å². The number of rotatable bonds is 5. The highest BCUT2D eigenvalue weighted by atomic mass is 32.1. The van der Waals surface area contributed by atoms with E-state index >= 15 is 0 Å². The highest BCUT2D eigenvalue weighted by Crippen LogP contribution is 2.25. The summed E-state index contributed by atoms with van der Waals surface area (Å²) in [5.74, 6) is 0.901. The van der Waals surface area contributed by atoms with Gasteiger partial charge in [-0.2, -0.15) is 0 Å². The minimum absolute atomic E-state index is 0.0266. The Bertz CT molecular complexity index is 1030. The standard InChI is InChI=1S/C21H19N3OS/c1-15-8-10-16(11-9-15)20-23-17-5-2-3-6-18(17)24(20)13-12-22-21(25)19-7-4-14-26-19/h2-11,14H,12-13H2,1H3,(H,22,25). The van der Waals surface area contributed by atoms with Gasteiger partial charge < -0.3 is 9.88 Å². The van der Waals surface area contributed by atoms with Gasteiger partial charge in [0.05, 0.1) is 15.9 Å². The number of para-hydroxylation sites is 2. The minimum atomic E-state index is -0.0266. The Labute approximate surface area is 156 Å². The molecule has 0 fully saturated rings. The first kappa shape index (κ1) is 16.5. The number of aryl methyl sites for hydroxylation is 1. The lowest BCUT2D eigenvalue weighted by Crippen LogP contribution is -2.26. The van der Waals surface area contributed by atoms with Crippen molar-refractivity contribution >= 4 is 28.3 Å². The quantitative estimate of drug-likeness (QED) is 0.569. The molecule has 0 aliphatic rings. The smallest absolute Gasteiger partial charge is 0.261 e. The van der Waals surface area contributed by atoms with Crippen molar-refractivity contribution in [2.75, 3.05) is 6.54 Å². The van der Waals surface area contributed by atoms with E-state index in [4.69, 9.17) is 4.98 Å². The van der Waals surface area contributed by atoms with Crippen LogP contribution in [-0.2, 0) is 6.54 Å². The molecule has 0 spiro atoms. The summed E-state index contributed by atoms with van der Waals surface area (Å²) in [6.45, 7) is 3.30. The Morgan fingerprint density at radius 2 is 1.88 bits per heavy atom. The number of imidazole rings is 1. The van der Waals surface area contributed by atoms with Crippen LogP contribution in [0.2, 0.25) is 0 Å².